The lowest BCUT2D eigenvalue weighted by Crippen LogP contribution is -2.42. The number of ether oxygens (including phenoxy) is 1. The zero-order chi connectivity index (χ0) is 31.6. The van der Waals surface area contributed by atoms with Crippen molar-refractivity contribution in [3.63, 3.8) is 0 Å². The van der Waals surface area contributed by atoms with Crippen LogP contribution in [0.3, 0.4) is 0 Å². The molecule has 2 amide bonds. The second kappa shape index (κ2) is 12.9. The van der Waals surface area contributed by atoms with Gasteiger partial charge >= 0.3 is 11.8 Å². The molecular weight excluding hydrogens is 578 g/mol. The van der Waals surface area contributed by atoms with Crippen molar-refractivity contribution in [3.8, 4) is 0 Å². The van der Waals surface area contributed by atoms with Crippen molar-refractivity contribution in [2.24, 2.45) is 5.92 Å². The van der Waals surface area contributed by atoms with Gasteiger partial charge in [0.05, 0.1) is 28.8 Å². The molecule has 1 unspecified atom stereocenters. The van der Waals surface area contributed by atoms with E-state index in [-0.39, 0.29) is 17.5 Å². The van der Waals surface area contributed by atoms with Gasteiger partial charge in [-0.1, -0.05) is 59.6 Å². The van der Waals surface area contributed by atoms with Crippen LogP contribution in [0.1, 0.15) is 78.9 Å². The van der Waals surface area contributed by atoms with Crippen molar-refractivity contribution >= 4 is 29.1 Å². The molecule has 2 aromatic heterocycles. The summed E-state index contributed by atoms with van der Waals surface area (Å²) >= 11 is 6.66. The van der Waals surface area contributed by atoms with E-state index >= 15 is 0 Å². The lowest BCUT2D eigenvalue weighted by Gasteiger charge is -2.34. The van der Waals surface area contributed by atoms with Gasteiger partial charge in [0.15, 0.2) is 0 Å². The van der Waals surface area contributed by atoms with Gasteiger partial charge in [0.2, 0.25) is 0 Å². The number of nitrogens with one attached hydrogen (secondary N) is 1. The number of fused-ring (bicyclic) bond motifs is 1. The Balaban J connectivity index is 1.57. The molecule has 0 aliphatic heterocycles. The summed E-state index contributed by atoms with van der Waals surface area (Å²) in [5.74, 6) is 0.0309. The van der Waals surface area contributed by atoms with Gasteiger partial charge in [-0.3, -0.25) is 9.36 Å². The molecule has 0 spiro atoms. The summed E-state index contributed by atoms with van der Waals surface area (Å²) < 4.78 is 8.46. The van der Waals surface area contributed by atoms with Crippen molar-refractivity contribution in [3.05, 3.63) is 104 Å². The summed E-state index contributed by atoms with van der Waals surface area (Å²) in [5, 5.41) is 7.66. The Morgan fingerprint density at radius 2 is 1.77 bits per heavy atom. The van der Waals surface area contributed by atoms with E-state index in [0.29, 0.717) is 47.9 Å². The van der Waals surface area contributed by atoms with Crippen molar-refractivity contribution in [2.45, 2.75) is 72.1 Å². The molecular formula is C34H40ClN5O4. The fourth-order valence-electron chi connectivity index (χ4n) is 5.46. The minimum Gasteiger partial charge on any atom is -0.444 e. The maximum Gasteiger partial charge on any atom is 0.407 e. The first-order valence-electron chi connectivity index (χ1n) is 15.1. The molecule has 1 fully saturated rings. The van der Waals surface area contributed by atoms with E-state index in [0.717, 1.165) is 29.7 Å². The van der Waals surface area contributed by atoms with Gasteiger partial charge in [0, 0.05) is 24.3 Å². The largest absolute Gasteiger partial charge is 0.444 e. The molecule has 1 aliphatic rings. The van der Waals surface area contributed by atoms with Crippen LogP contribution in [-0.2, 0) is 11.3 Å². The van der Waals surface area contributed by atoms with E-state index in [2.05, 4.69) is 10.4 Å². The average molecular weight is 618 g/mol. The van der Waals surface area contributed by atoms with Crippen LogP contribution in [0.4, 0.5) is 4.79 Å². The predicted molar refractivity (Wildman–Crippen MR) is 171 cm³/mol. The summed E-state index contributed by atoms with van der Waals surface area (Å²) in [6, 6.07) is 18.8. The molecule has 9 nitrogen and oxygen atoms in total. The average Bonchev–Trinajstić information content (AvgIpc) is 3.77. The van der Waals surface area contributed by atoms with Crippen LogP contribution in [0.25, 0.3) is 5.52 Å². The lowest BCUT2D eigenvalue weighted by molar-refractivity contribution is 0.0522. The number of hydrogen-bond donors (Lipinski definition) is 1. The molecule has 2 heterocycles. The van der Waals surface area contributed by atoms with Gasteiger partial charge in [-0.25, -0.2) is 9.59 Å². The number of alkyl carbamates (subject to hydrolysis) is 1. The number of halogens is 1. The van der Waals surface area contributed by atoms with Crippen LogP contribution in [-0.4, -0.2) is 49.8 Å². The summed E-state index contributed by atoms with van der Waals surface area (Å²) in [7, 11) is 0. The van der Waals surface area contributed by atoms with E-state index in [1.54, 1.807) is 11.5 Å². The van der Waals surface area contributed by atoms with E-state index in [1.807, 2.05) is 93.3 Å². The molecule has 1 saturated carbocycles. The summed E-state index contributed by atoms with van der Waals surface area (Å²) in [4.78, 5) is 42.5. The SMILES string of the molecule is Cc1ccc(C(=O)N(CCCNC(=O)OC(C)(C)C)C(c2cc3c(Cl)c(C)nn3c(=O)n2Cc2ccccc2)C2CC2)cc1. The van der Waals surface area contributed by atoms with E-state index in [9.17, 15) is 14.4 Å². The number of benzene rings is 2. The zero-order valence-electron chi connectivity index (χ0n) is 26.0. The molecule has 4 aromatic rings. The molecule has 10 heteroatoms. The standard InChI is InChI=1S/C34H40ClN5O4/c1-22-12-14-26(15-13-22)31(41)38(19-9-18-36-32(42)44-34(3,4)5)30(25-16-17-25)28-20-27-29(35)23(2)37-40(27)33(43)39(28)21-24-10-7-6-8-11-24/h6-8,10-15,20,25,30H,9,16-19,21H2,1-5H3,(H,36,42). The number of aryl methyl sites for hydroxylation is 2. The quantitative estimate of drug-likeness (QED) is 0.210. The highest BCUT2D eigenvalue weighted by atomic mass is 35.5. The second-order valence-corrected chi connectivity index (χ2v) is 12.9. The first-order chi connectivity index (χ1) is 20.9. The van der Waals surface area contributed by atoms with E-state index in [1.165, 1.54) is 4.52 Å². The highest BCUT2D eigenvalue weighted by molar-refractivity contribution is 6.34. The summed E-state index contributed by atoms with van der Waals surface area (Å²) in [5.41, 5.74) is 3.47. The third kappa shape index (κ3) is 7.16. The van der Waals surface area contributed by atoms with E-state index in [4.69, 9.17) is 16.3 Å². The molecule has 1 atom stereocenters. The Bertz CT molecular complexity index is 1700. The van der Waals surface area contributed by atoms with Crippen LogP contribution in [0.15, 0.2) is 65.5 Å². The number of carbonyl (C=O) groups is 2. The molecule has 44 heavy (non-hydrogen) atoms. The smallest absolute Gasteiger partial charge is 0.407 e. The number of amides is 2. The number of aromatic nitrogens is 3. The van der Waals surface area contributed by atoms with Crippen LogP contribution in [0, 0.1) is 19.8 Å². The minimum atomic E-state index is -0.608. The molecule has 1 aliphatic carbocycles. The highest BCUT2D eigenvalue weighted by Gasteiger charge is 2.41. The van der Waals surface area contributed by atoms with Gasteiger partial charge in [-0.2, -0.15) is 9.61 Å². The molecule has 0 radical (unpaired) electrons. The number of rotatable bonds is 10. The Hall–Kier alpha value is -4.11. The Kier molecular flexibility index (Phi) is 9.15. The van der Waals surface area contributed by atoms with Crippen LogP contribution in [0.5, 0.6) is 0 Å². The third-order valence-electron chi connectivity index (χ3n) is 7.72. The number of carbonyl (C=O) groups excluding carboxylic acids is 2. The fourth-order valence-corrected chi connectivity index (χ4v) is 5.63. The highest BCUT2D eigenvalue weighted by Crippen LogP contribution is 2.45. The molecule has 2 aromatic carbocycles. The van der Waals surface area contributed by atoms with Gasteiger partial charge in [0.25, 0.3) is 5.91 Å². The maximum absolute atomic E-state index is 14.3. The minimum absolute atomic E-state index is 0.131. The Labute approximate surface area is 262 Å². The molecule has 5 rings (SSSR count). The summed E-state index contributed by atoms with van der Waals surface area (Å²) in [6.45, 7) is 10.2. The maximum atomic E-state index is 14.3. The predicted octanol–water partition coefficient (Wildman–Crippen LogP) is 6.32. The topological polar surface area (TPSA) is 97.9 Å². The molecule has 1 N–H and O–H groups in total. The van der Waals surface area contributed by atoms with Gasteiger partial charge in [-0.15, -0.1) is 0 Å². The molecule has 0 bridgehead atoms. The van der Waals surface area contributed by atoms with Gasteiger partial charge in [-0.05, 0) is 83.6 Å². The third-order valence-corrected chi connectivity index (χ3v) is 8.19. The van der Waals surface area contributed by atoms with Crippen molar-refractivity contribution in [2.75, 3.05) is 13.1 Å². The first kappa shape index (κ1) is 31.3. The lowest BCUT2D eigenvalue weighted by atomic mass is 10.0. The fraction of sp³-hybridized carbons (Fsp3) is 0.412. The molecule has 232 valence electrons. The van der Waals surface area contributed by atoms with Crippen molar-refractivity contribution in [1.29, 1.82) is 0 Å². The van der Waals surface area contributed by atoms with Crippen LogP contribution in [0.2, 0.25) is 5.02 Å². The van der Waals surface area contributed by atoms with Gasteiger partial charge in [0.1, 0.15) is 5.60 Å². The molecule has 0 saturated heterocycles. The van der Waals surface area contributed by atoms with Crippen molar-refractivity contribution in [1.82, 2.24) is 24.4 Å². The Morgan fingerprint density at radius 3 is 2.41 bits per heavy atom. The van der Waals surface area contributed by atoms with Crippen LogP contribution >= 0.6 is 11.6 Å². The van der Waals surface area contributed by atoms with Gasteiger partial charge < -0.3 is 15.0 Å². The van der Waals surface area contributed by atoms with E-state index < -0.39 is 17.7 Å². The first-order valence-corrected chi connectivity index (χ1v) is 15.5. The number of nitrogens with zero attached hydrogens (tertiary/aromatic N) is 4. The monoisotopic (exact) mass is 617 g/mol. The summed E-state index contributed by atoms with van der Waals surface area (Å²) in [6.07, 6.45) is 1.85. The second-order valence-electron chi connectivity index (χ2n) is 12.5. The van der Waals surface area contributed by atoms with Crippen molar-refractivity contribution < 1.29 is 14.3 Å². The zero-order valence-corrected chi connectivity index (χ0v) is 26.7. The number of hydrogen-bond acceptors (Lipinski definition) is 5. The van der Waals surface area contributed by atoms with Crippen LogP contribution < -0.4 is 11.0 Å². The normalized spacial score (nSPS) is 14.0. The Morgan fingerprint density at radius 1 is 1.09 bits per heavy atom.